The van der Waals surface area contributed by atoms with E-state index in [1.807, 2.05) is 61.7 Å². The molecule has 1 N–H and O–H groups in total. The third-order valence-electron chi connectivity index (χ3n) is 6.22. The first kappa shape index (κ1) is 24.3. The zero-order chi connectivity index (χ0) is 24.9. The summed E-state index contributed by atoms with van der Waals surface area (Å²) in [6.45, 7) is 6.01. The van der Waals surface area contributed by atoms with Gasteiger partial charge in [-0.1, -0.05) is 0 Å². The summed E-state index contributed by atoms with van der Waals surface area (Å²) >= 11 is 0. The highest BCUT2D eigenvalue weighted by Gasteiger charge is 2.16. The maximum absolute atomic E-state index is 12.6. The fourth-order valence-corrected chi connectivity index (χ4v) is 4.26. The Kier molecular flexibility index (Phi) is 7.39. The van der Waals surface area contributed by atoms with Gasteiger partial charge in [-0.3, -0.25) is 4.79 Å². The highest BCUT2D eigenvalue weighted by atomic mass is 16.5. The number of fused-ring (bicyclic) bond motifs is 1. The van der Waals surface area contributed by atoms with Crippen molar-refractivity contribution in [3.63, 3.8) is 0 Å². The Morgan fingerprint density at radius 1 is 1.11 bits per heavy atom. The number of ether oxygens (including phenoxy) is 2. The molecule has 184 valence electrons. The Labute approximate surface area is 205 Å². The summed E-state index contributed by atoms with van der Waals surface area (Å²) in [5.74, 6) is 2.35. The smallest absolute Gasteiger partial charge is 0.220 e. The number of furan rings is 1. The van der Waals surface area contributed by atoms with Crippen LogP contribution in [0, 0.1) is 13.8 Å². The second-order valence-electron chi connectivity index (χ2n) is 8.75. The first-order chi connectivity index (χ1) is 16.9. The lowest BCUT2D eigenvalue weighted by Gasteiger charge is -2.14. The fraction of sp³-hybridized carbons (Fsp3) is 0.370. The Balaban J connectivity index is 1.47. The molecule has 1 atom stereocenters. The van der Waals surface area contributed by atoms with Crippen LogP contribution in [0.5, 0.6) is 11.5 Å². The van der Waals surface area contributed by atoms with E-state index in [1.54, 1.807) is 20.5 Å². The van der Waals surface area contributed by atoms with Gasteiger partial charge in [-0.05, 0) is 63.4 Å². The Hall–Kier alpha value is -3.81. The molecule has 8 heteroatoms. The Morgan fingerprint density at radius 2 is 1.86 bits per heavy atom. The number of aromatic nitrogens is 3. The standard InChI is InChI=1S/C27H32N4O4/c1-17(8-9-21-7-6-12-35-21)28-27(32)11-10-24-18(2)29-26-16-25(30-31(26)19(24)3)20-13-22(33-4)15-23(14-20)34-5/h6-7,12-17H,8-11H2,1-5H3,(H,28,32)/t17-/m1/s1. The van der Waals surface area contributed by atoms with E-state index in [1.165, 1.54) is 0 Å². The molecule has 0 aliphatic rings. The van der Waals surface area contributed by atoms with E-state index in [4.69, 9.17) is 24.0 Å². The molecule has 0 radical (unpaired) electrons. The number of carbonyl (C=O) groups is 1. The molecule has 35 heavy (non-hydrogen) atoms. The van der Waals surface area contributed by atoms with Gasteiger partial charge in [0.05, 0.1) is 26.2 Å². The molecule has 4 aromatic rings. The number of carbonyl (C=O) groups excluding carboxylic acids is 1. The predicted molar refractivity (Wildman–Crippen MR) is 134 cm³/mol. The van der Waals surface area contributed by atoms with Crippen molar-refractivity contribution in [1.29, 1.82) is 0 Å². The van der Waals surface area contributed by atoms with Crippen LogP contribution < -0.4 is 14.8 Å². The molecule has 0 spiro atoms. The first-order valence-corrected chi connectivity index (χ1v) is 11.8. The second-order valence-corrected chi connectivity index (χ2v) is 8.75. The van der Waals surface area contributed by atoms with E-state index in [2.05, 4.69) is 5.32 Å². The van der Waals surface area contributed by atoms with Crippen molar-refractivity contribution >= 4 is 11.6 Å². The van der Waals surface area contributed by atoms with Gasteiger partial charge in [0.15, 0.2) is 5.65 Å². The van der Waals surface area contributed by atoms with Gasteiger partial charge in [-0.2, -0.15) is 5.10 Å². The molecule has 1 aromatic carbocycles. The van der Waals surface area contributed by atoms with Gasteiger partial charge < -0.3 is 19.2 Å². The van der Waals surface area contributed by atoms with Gasteiger partial charge in [0.1, 0.15) is 17.3 Å². The molecule has 0 bridgehead atoms. The van der Waals surface area contributed by atoms with E-state index in [0.29, 0.717) is 24.3 Å². The van der Waals surface area contributed by atoms with Crippen LogP contribution >= 0.6 is 0 Å². The van der Waals surface area contributed by atoms with Crippen molar-refractivity contribution in [1.82, 2.24) is 19.9 Å². The van der Waals surface area contributed by atoms with Crippen LogP contribution in [0.1, 0.15) is 42.5 Å². The van der Waals surface area contributed by atoms with Gasteiger partial charge in [-0.25, -0.2) is 9.50 Å². The molecule has 1 amide bonds. The lowest BCUT2D eigenvalue weighted by Crippen LogP contribution is -2.33. The Bertz CT molecular complexity index is 1290. The molecule has 0 unspecified atom stereocenters. The minimum atomic E-state index is 0.0282. The van der Waals surface area contributed by atoms with Crippen LogP contribution in [0.4, 0.5) is 0 Å². The monoisotopic (exact) mass is 476 g/mol. The molecule has 0 fully saturated rings. The third kappa shape index (κ3) is 5.65. The second kappa shape index (κ2) is 10.6. The first-order valence-electron chi connectivity index (χ1n) is 11.8. The van der Waals surface area contributed by atoms with Crippen LogP contribution in [0.25, 0.3) is 16.9 Å². The summed E-state index contributed by atoms with van der Waals surface area (Å²) in [6.07, 6.45) is 4.29. The number of nitrogens with zero attached hydrogens (tertiary/aromatic N) is 3. The molecule has 0 saturated carbocycles. The normalized spacial score (nSPS) is 12.0. The number of rotatable bonds is 10. The van der Waals surface area contributed by atoms with Crippen LogP contribution in [0.15, 0.2) is 47.1 Å². The summed E-state index contributed by atoms with van der Waals surface area (Å²) in [4.78, 5) is 17.3. The van der Waals surface area contributed by atoms with E-state index in [0.717, 1.165) is 52.5 Å². The molecular formula is C27H32N4O4. The zero-order valence-corrected chi connectivity index (χ0v) is 20.9. The molecule has 0 aliphatic heterocycles. The molecule has 0 aliphatic carbocycles. The molecule has 0 saturated heterocycles. The molecule has 4 rings (SSSR count). The number of methoxy groups -OCH3 is 2. The van der Waals surface area contributed by atoms with Crippen LogP contribution in [-0.2, 0) is 17.6 Å². The Morgan fingerprint density at radius 3 is 2.51 bits per heavy atom. The molecular weight excluding hydrogens is 444 g/mol. The van der Waals surface area contributed by atoms with Gasteiger partial charge in [-0.15, -0.1) is 0 Å². The highest BCUT2D eigenvalue weighted by molar-refractivity contribution is 5.76. The van der Waals surface area contributed by atoms with Crippen LogP contribution in [0.2, 0.25) is 0 Å². The third-order valence-corrected chi connectivity index (χ3v) is 6.22. The van der Waals surface area contributed by atoms with E-state index in [9.17, 15) is 4.79 Å². The summed E-state index contributed by atoms with van der Waals surface area (Å²) in [5.41, 5.74) is 5.34. The largest absolute Gasteiger partial charge is 0.497 e. The van der Waals surface area contributed by atoms with Crippen molar-refractivity contribution in [2.75, 3.05) is 14.2 Å². The number of hydrogen-bond donors (Lipinski definition) is 1. The molecule has 8 nitrogen and oxygen atoms in total. The predicted octanol–water partition coefficient (Wildman–Crippen LogP) is 4.69. The van der Waals surface area contributed by atoms with Gasteiger partial charge >= 0.3 is 0 Å². The number of aryl methyl sites for hydroxylation is 3. The lowest BCUT2D eigenvalue weighted by atomic mass is 10.1. The number of amides is 1. The van der Waals surface area contributed by atoms with Crippen molar-refractivity contribution in [2.45, 2.75) is 52.5 Å². The molecule has 3 aromatic heterocycles. The van der Waals surface area contributed by atoms with Crippen molar-refractivity contribution in [2.24, 2.45) is 0 Å². The summed E-state index contributed by atoms with van der Waals surface area (Å²) in [5, 5.41) is 7.88. The summed E-state index contributed by atoms with van der Waals surface area (Å²) in [7, 11) is 3.25. The van der Waals surface area contributed by atoms with E-state index >= 15 is 0 Å². The number of benzene rings is 1. The van der Waals surface area contributed by atoms with Gasteiger partial charge in [0.25, 0.3) is 0 Å². The summed E-state index contributed by atoms with van der Waals surface area (Å²) in [6, 6.07) is 11.5. The van der Waals surface area contributed by atoms with Crippen molar-refractivity contribution < 1.29 is 18.7 Å². The van der Waals surface area contributed by atoms with Crippen LogP contribution in [0.3, 0.4) is 0 Å². The summed E-state index contributed by atoms with van der Waals surface area (Å²) < 4.78 is 18.0. The number of hydrogen-bond acceptors (Lipinski definition) is 6. The van der Waals surface area contributed by atoms with E-state index in [-0.39, 0.29) is 11.9 Å². The SMILES string of the molecule is COc1cc(OC)cc(-c2cc3nc(C)c(CCC(=O)N[C@H](C)CCc4ccco4)c(C)n3n2)c1. The quantitative estimate of drug-likeness (QED) is 0.357. The van der Waals surface area contributed by atoms with E-state index < -0.39 is 0 Å². The minimum absolute atomic E-state index is 0.0282. The topological polar surface area (TPSA) is 90.9 Å². The number of nitrogens with one attached hydrogen (secondary N) is 1. The lowest BCUT2D eigenvalue weighted by molar-refractivity contribution is -0.121. The molecule has 3 heterocycles. The van der Waals surface area contributed by atoms with Gasteiger partial charge in [0.2, 0.25) is 5.91 Å². The van der Waals surface area contributed by atoms with Crippen molar-refractivity contribution in [3.8, 4) is 22.8 Å². The zero-order valence-electron chi connectivity index (χ0n) is 20.9. The van der Waals surface area contributed by atoms with Crippen molar-refractivity contribution in [3.05, 3.63) is 65.4 Å². The average Bonchev–Trinajstić information content (AvgIpc) is 3.52. The fourth-order valence-electron chi connectivity index (χ4n) is 4.26. The minimum Gasteiger partial charge on any atom is -0.497 e. The average molecular weight is 477 g/mol. The van der Waals surface area contributed by atoms with Crippen LogP contribution in [-0.4, -0.2) is 40.8 Å². The highest BCUT2D eigenvalue weighted by Crippen LogP contribution is 2.30. The maximum Gasteiger partial charge on any atom is 0.220 e. The van der Waals surface area contributed by atoms with Gasteiger partial charge in [0, 0.05) is 48.0 Å². The maximum atomic E-state index is 12.6.